The normalized spacial score (nSPS) is 14.8. The highest BCUT2D eigenvalue weighted by atomic mass is 16.5. The van der Waals surface area contributed by atoms with Crippen molar-refractivity contribution in [2.75, 3.05) is 48.8 Å². The number of nitrogens with zero attached hydrogens (tertiary/aromatic N) is 3. The Kier molecular flexibility index (Phi) is 4.06. The number of rotatable bonds is 3. The summed E-state index contributed by atoms with van der Waals surface area (Å²) in [6.45, 7) is 3.79. The molecule has 4 rings (SSSR count). The molecule has 1 aliphatic rings. The summed E-state index contributed by atoms with van der Waals surface area (Å²) in [5, 5.41) is 1.13. The fraction of sp³-hybridized carbons (Fsp3) is 0.250. The van der Waals surface area contributed by atoms with Crippen LogP contribution in [0.15, 0.2) is 54.7 Å². The van der Waals surface area contributed by atoms with E-state index in [-0.39, 0.29) is 0 Å². The Morgan fingerprint density at radius 2 is 1.60 bits per heavy atom. The minimum absolute atomic E-state index is 0.747. The molecular weight excluding hydrogens is 312 g/mol. The van der Waals surface area contributed by atoms with Gasteiger partial charge in [0.2, 0.25) is 0 Å². The number of para-hydroxylation sites is 1. The van der Waals surface area contributed by atoms with Gasteiger partial charge in [-0.05, 0) is 30.3 Å². The number of hydrogen-bond donors (Lipinski definition) is 1. The monoisotopic (exact) mass is 334 g/mol. The standard InChI is InChI=1S/C20H22N4O/c1-25-16-8-6-15(7-9-16)23-10-12-24(13-11-23)20-17-4-2-3-5-19(17)22-14-18(20)21/h2-9,14H,10-13,21H2,1H3. The molecule has 3 aromatic rings. The van der Waals surface area contributed by atoms with Crippen LogP contribution < -0.4 is 20.3 Å². The summed E-state index contributed by atoms with van der Waals surface area (Å²) < 4.78 is 5.24. The molecule has 1 aromatic heterocycles. The van der Waals surface area contributed by atoms with Crippen LogP contribution in [0.2, 0.25) is 0 Å². The summed E-state index contributed by atoms with van der Waals surface area (Å²) >= 11 is 0. The van der Waals surface area contributed by atoms with Crippen LogP contribution in [-0.2, 0) is 0 Å². The van der Waals surface area contributed by atoms with Crippen molar-refractivity contribution in [3.05, 3.63) is 54.7 Å². The van der Waals surface area contributed by atoms with Gasteiger partial charge in [-0.25, -0.2) is 0 Å². The van der Waals surface area contributed by atoms with Gasteiger partial charge in [-0.15, -0.1) is 0 Å². The first-order chi connectivity index (χ1) is 12.3. The van der Waals surface area contributed by atoms with Gasteiger partial charge < -0.3 is 20.3 Å². The molecule has 2 aromatic carbocycles. The molecule has 0 saturated carbocycles. The van der Waals surface area contributed by atoms with E-state index >= 15 is 0 Å². The highest BCUT2D eigenvalue weighted by molar-refractivity contribution is 5.97. The summed E-state index contributed by atoms with van der Waals surface area (Å²) in [7, 11) is 1.69. The number of nitrogens with two attached hydrogens (primary N) is 1. The third-order valence-corrected chi connectivity index (χ3v) is 4.81. The number of nitrogen functional groups attached to an aromatic ring is 1. The van der Waals surface area contributed by atoms with Crippen LogP contribution >= 0.6 is 0 Å². The topological polar surface area (TPSA) is 54.6 Å². The first-order valence-electron chi connectivity index (χ1n) is 8.53. The summed E-state index contributed by atoms with van der Waals surface area (Å²) in [4.78, 5) is 9.21. The van der Waals surface area contributed by atoms with Gasteiger partial charge in [0, 0.05) is 37.3 Å². The molecule has 5 heteroatoms. The van der Waals surface area contributed by atoms with E-state index in [9.17, 15) is 0 Å². The molecule has 25 heavy (non-hydrogen) atoms. The Morgan fingerprint density at radius 1 is 0.920 bits per heavy atom. The minimum Gasteiger partial charge on any atom is -0.497 e. The van der Waals surface area contributed by atoms with Crippen molar-refractivity contribution >= 4 is 28.0 Å². The molecule has 0 aliphatic carbocycles. The number of ether oxygens (including phenoxy) is 1. The Balaban J connectivity index is 1.55. The molecule has 1 saturated heterocycles. The van der Waals surface area contributed by atoms with Crippen LogP contribution in [0.25, 0.3) is 10.9 Å². The average molecular weight is 334 g/mol. The van der Waals surface area contributed by atoms with E-state index in [0.717, 1.165) is 54.2 Å². The van der Waals surface area contributed by atoms with Crippen LogP contribution in [-0.4, -0.2) is 38.3 Å². The van der Waals surface area contributed by atoms with E-state index in [1.54, 1.807) is 13.3 Å². The number of fused-ring (bicyclic) bond motifs is 1. The Hall–Kier alpha value is -2.95. The second-order valence-electron chi connectivity index (χ2n) is 6.25. The number of piperazine rings is 1. The first kappa shape index (κ1) is 15.6. The SMILES string of the molecule is COc1ccc(N2CCN(c3c(N)cnc4ccccc34)CC2)cc1. The number of hydrogen-bond acceptors (Lipinski definition) is 5. The Labute approximate surface area is 147 Å². The summed E-state index contributed by atoms with van der Waals surface area (Å²) in [6, 6.07) is 16.4. The van der Waals surface area contributed by atoms with Crippen LogP contribution in [0.5, 0.6) is 5.75 Å². The quantitative estimate of drug-likeness (QED) is 0.797. The third kappa shape index (κ3) is 2.93. The predicted molar refractivity (Wildman–Crippen MR) is 104 cm³/mol. The summed E-state index contributed by atoms with van der Waals surface area (Å²) in [5.41, 5.74) is 10.3. The van der Waals surface area contributed by atoms with Gasteiger partial charge >= 0.3 is 0 Å². The van der Waals surface area contributed by atoms with Crippen LogP contribution in [0.1, 0.15) is 0 Å². The molecule has 5 nitrogen and oxygen atoms in total. The lowest BCUT2D eigenvalue weighted by Gasteiger charge is -2.38. The van der Waals surface area contributed by atoms with Gasteiger partial charge in [-0.1, -0.05) is 18.2 Å². The van der Waals surface area contributed by atoms with Crippen molar-refractivity contribution < 1.29 is 4.74 Å². The van der Waals surface area contributed by atoms with Gasteiger partial charge in [0.25, 0.3) is 0 Å². The van der Waals surface area contributed by atoms with E-state index in [4.69, 9.17) is 10.5 Å². The number of anilines is 3. The van der Waals surface area contributed by atoms with E-state index in [2.05, 4.69) is 33.0 Å². The Bertz CT molecular complexity index is 871. The van der Waals surface area contributed by atoms with Crippen molar-refractivity contribution in [3.63, 3.8) is 0 Å². The van der Waals surface area contributed by atoms with Crippen molar-refractivity contribution in [3.8, 4) is 5.75 Å². The molecule has 0 radical (unpaired) electrons. The molecule has 1 aliphatic heterocycles. The molecule has 0 spiro atoms. The lowest BCUT2D eigenvalue weighted by Crippen LogP contribution is -2.46. The van der Waals surface area contributed by atoms with Crippen molar-refractivity contribution in [1.82, 2.24) is 4.98 Å². The molecule has 2 heterocycles. The highest BCUT2D eigenvalue weighted by Gasteiger charge is 2.21. The minimum atomic E-state index is 0.747. The van der Waals surface area contributed by atoms with Crippen molar-refractivity contribution in [1.29, 1.82) is 0 Å². The summed E-state index contributed by atoms with van der Waals surface area (Å²) in [6.07, 6.45) is 1.77. The molecule has 0 atom stereocenters. The molecule has 128 valence electrons. The average Bonchev–Trinajstić information content (AvgIpc) is 2.68. The second kappa shape index (κ2) is 6.51. The molecule has 0 unspecified atom stereocenters. The van der Waals surface area contributed by atoms with E-state index in [1.165, 1.54) is 5.69 Å². The van der Waals surface area contributed by atoms with E-state index < -0.39 is 0 Å². The highest BCUT2D eigenvalue weighted by Crippen LogP contribution is 2.32. The zero-order valence-corrected chi connectivity index (χ0v) is 14.4. The number of methoxy groups -OCH3 is 1. The predicted octanol–water partition coefficient (Wildman–Crippen LogP) is 3.15. The molecule has 1 fully saturated rings. The van der Waals surface area contributed by atoms with Crippen LogP contribution in [0.4, 0.5) is 17.1 Å². The number of aromatic nitrogens is 1. The second-order valence-corrected chi connectivity index (χ2v) is 6.25. The van der Waals surface area contributed by atoms with Crippen LogP contribution in [0, 0.1) is 0 Å². The van der Waals surface area contributed by atoms with E-state index in [0.29, 0.717) is 0 Å². The maximum absolute atomic E-state index is 6.26. The lowest BCUT2D eigenvalue weighted by atomic mass is 10.1. The molecular formula is C20H22N4O. The van der Waals surface area contributed by atoms with Gasteiger partial charge in [0.1, 0.15) is 5.75 Å². The van der Waals surface area contributed by atoms with Gasteiger partial charge in [0.15, 0.2) is 0 Å². The third-order valence-electron chi connectivity index (χ3n) is 4.81. The molecule has 0 bridgehead atoms. The number of pyridine rings is 1. The van der Waals surface area contributed by atoms with Crippen LogP contribution in [0.3, 0.4) is 0 Å². The smallest absolute Gasteiger partial charge is 0.119 e. The maximum Gasteiger partial charge on any atom is 0.119 e. The van der Waals surface area contributed by atoms with Gasteiger partial charge in [0.05, 0.1) is 30.2 Å². The first-order valence-corrected chi connectivity index (χ1v) is 8.53. The Morgan fingerprint density at radius 3 is 2.32 bits per heavy atom. The van der Waals surface area contributed by atoms with Gasteiger partial charge in [-0.3, -0.25) is 4.98 Å². The lowest BCUT2D eigenvalue weighted by molar-refractivity contribution is 0.415. The fourth-order valence-electron chi connectivity index (χ4n) is 3.48. The van der Waals surface area contributed by atoms with E-state index in [1.807, 2.05) is 30.3 Å². The van der Waals surface area contributed by atoms with Crippen molar-refractivity contribution in [2.45, 2.75) is 0 Å². The zero-order chi connectivity index (χ0) is 17.2. The fourth-order valence-corrected chi connectivity index (χ4v) is 3.48. The molecule has 2 N–H and O–H groups in total. The van der Waals surface area contributed by atoms with Gasteiger partial charge in [-0.2, -0.15) is 0 Å². The maximum atomic E-state index is 6.26. The van der Waals surface area contributed by atoms with Crippen molar-refractivity contribution in [2.24, 2.45) is 0 Å². The summed E-state index contributed by atoms with van der Waals surface area (Å²) in [5.74, 6) is 0.887. The molecule has 0 amide bonds. The zero-order valence-electron chi connectivity index (χ0n) is 14.4. The largest absolute Gasteiger partial charge is 0.497 e. The number of benzene rings is 2.